The van der Waals surface area contributed by atoms with Gasteiger partial charge in [0.25, 0.3) is 0 Å². The number of halogens is 2. The molecule has 0 aliphatic heterocycles. The summed E-state index contributed by atoms with van der Waals surface area (Å²) in [6, 6.07) is 24.2. The molecule has 1 aliphatic rings. The van der Waals surface area contributed by atoms with Crippen LogP contribution in [0.1, 0.15) is 37.0 Å². The van der Waals surface area contributed by atoms with E-state index in [2.05, 4.69) is 11.8 Å². The maximum absolute atomic E-state index is 13.1. The first kappa shape index (κ1) is 22.5. The van der Waals surface area contributed by atoms with Crippen LogP contribution < -0.4 is 0 Å². The molecule has 1 aliphatic carbocycles. The number of rotatable bonds is 2. The summed E-state index contributed by atoms with van der Waals surface area (Å²) in [6.45, 7) is 0. The molecule has 0 saturated heterocycles. The third-order valence-corrected chi connectivity index (χ3v) is 7.45. The van der Waals surface area contributed by atoms with Crippen LogP contribution >= 0.6 is 34.5 Å². The van der Waals surface area contributed by atoms with Crippen LogP contribution in [-0.2, 0) is 0 Å². The molecule has 0 atom stereocenters. The predicted octanol–water partition coefficient (Wildman–Crippen LogP) is 7.26. The molecule has 6 rings (SSSR count). The molecular weight excluding hydrogens is 511 g/mol. The number of ketones is 2. The second-order valence-electron chi connectivity index (χ2n) is 8.09. The number of thiazole rings is 1. The molecule has 0 saturated carbocycles. The molecule has 5 aromatic rings. The largest absolute Gasteiger partial charge is 0.294 e. The summed E-state index contributed by atoms with van der Waals surface area (Å²) in [5.74, 6) is 5.53. The summed E-state index contributed by atoms with van der Waals surface area (Å²) in [7, 11) is 0. The van der Waals surface area contributed by atoms with Gasteiger partial charge in [0.1, 0.15) is 0 Å². The van der Waals surface area contributed by atoms with Crippen LogP contribution in [0, 0.1) is 11.8 Å². The van der Waals surface area contributed by atoms with E-state index in [9.17, 15) is 9.59 Å². The predicted molar refractivity (Wildman–Crippen MR) is 144 cm³/mol. The number of allylic oxidation sites excluding steroid dienone is 1. The van der Waals surface area contributed by atoms with E-state index in [1.165, 1.54) is 23.5 Å². The smallest absolute Gasteiger partial charge is 0.197 e. The fourth-order valence-corrected chi connectivity index (χ4v) is 5.33. The SMILES string of the molecule is O=C1C(=Cc2cc3sc(C#Cc4ccccc4)nc3n2-c2ccccc2)C(=O)c2cc(Cl)c(Cl)cc21. The molecule has 0 spiro atoms. The van der Waals surface area contributed by atoms with Crippen LogP contribution in [0.25, 0.3) is 22.1 Å². The van der Waals surface area contributed by atoms with Gasteiger partial charge in [0.2, 0.25) is 0 Å². The first-order chi connectivity index (χ1) is 17.5. The number of para-hydroxylation sites is 1. The molecule has 0 radical (unpaired) electrons. The maximum atomic E-state index is 13.1. The highest BCUT2D eigenvalue weighted by Crippen LogP contribution is 2.36. The summed E-state index contributed by atoms with van der Waals surface area (Å²) in [4.78, 5) is 31.0. The molecule has 36 heavy (non-hydrogen) atoms. The van der Waals surface area contributed by atoms with Crippen molar-refractivity contribution in [1.82, 2.24) is 9.55 Å². The van der Waals surface area contributed by atoms with Crippen molar-refractivity contribution in [3.8, 4) is 17.5 Å². The van der Waals surface area contributed by atoms with Gasteiger partial charge in [0.15, 0.2) is 22.2 Å². The van der Waals surface area contributed by atoms with Gasteiger partial charge in [-0.25, -0.2) is 4.98 Å². The van der Waals surface area contributed by atoms with E-state index in [1.54, 1.807) is 6.08 Å². The van der Waals surface area contributed by atoms with Gasteiger partial charge in [-0.2, -0.15) is 0 Å². The minimum absolute atomic E-state index is 0.0646. The molecule has 7 heteroatoms. The fourth-order valence-electron chi connectivity index (χ4n) is 4.15. The van der Waals surface area contributed by atoms with E-state index in [1.807, 2.05) is 71.3 Å². The number of nitrogens with zero attached hydrogens (tertiary/aromatic N) is 2. The van der Waals surface area contributed by atoms with Gasteiger partial charge in [-0.1, -0.05) is 65.5 Å². The molecule has 0 unspecified atom stereocenters. The van der Waals surface area contributed by atoms with Crippen LogP contribution in [-0.4, -0.2) is 21.1 Å². The second-order valence-corrected chi connectivity index (χ2v) is 9.94. The van der Waals surface area contributed by atoms with Gasteiger partial charge in [-0.05, 0) is 54.5 Å². The van der Waals surface area contributed by atoms with Crippen LogP contribution in [0.2, 0.25) is 10.0 Å². The molecule has 172 valence electrons. The highest BCUT2D eigenvalue weighted by Gasteiger charge is 2.34. The molecule has 0 bridgehead atoms. The van der Waals surface area contributed by atoms with Crippen molar-refractivity contribution in [3.63, 3.8) is 0 Å². The molecule has 0 amide bonds. The molecular formula is C29H14Cl2N2O2S. The molecule has 3 aromatic carbocycles. The van der Waals surface area contributed by atoms with E-state index in [4.69, 9.17) is 28.2 Å². The van der Waals surface area contributed by atoms with Crippen molar-refractivity contribution in [1.29, 1.82) is 0 Å². The standard InChI is InChI=1S/C29H14Cl2N2O2S/c30-23-15-20-21(16-24(23)31)28(35)22(27(20)34)13-19-14-25-29(33(19)18-9-5-2-6-10-18)32-26(36-25)12-11-17-7-3-1-4-8-17/h1-10,13-16H. The number of carbonyl (C=O) groups excluding carboxylic acids is 2. The first-order valence-electron chi connectivity index (χ1n) is 10.9. The quantitative estimate of drug-likeness (QED) is 0.139. The van der Waals surface area contributed by atoms with Crippen LogP contribution in [0.4, 0.5) is 0 Å². The monoisotopic (exact) mass is 524 g/mol. The van der Waals surface area contributed by atoms with Gasteiger partial charge in [0, 0.05) is 22.4 Å². The lowest BCUT2D eigenvalue weighted by molar-refractivity contribution is 0.0990. The Morgan fingerprint density at radius 1 is 0.806 bits per heavy atom. The van der Waals surface area contributed by atoms with Crippen LogP contribution in [0.15, 0.2) is 84.4 Å². The van der Waals surface area contributed by atoms with E-state index in [0.29, 0.717) is 16.3 Å². The Morgan fingerprint density at radius 3 is 2.06 bits per heavy atom. The van der Waals surface area contributed by atoms with Gasteiger partial charge < -0.3 is 0 Å². The summed E-state index contributed by atoms with van der Waals surface area (Å²) in [5.41, 5.74) is 3.72. The number of hydrogen-bond acceptors (Lipinski definition) is 4. The number of Topliss-reactive ketones (excluding diaryl/α,β-unsaturated/α-hetero) is 2. The molecule has 4 nitrogen and oxygen atoms in total. The molecule has 0 N–H and O–H groups in total. The van der Waals surface area contributed by atoms with Crippen molar-refractivity contribution in [2.24, 2.45) is 0 Å². The number of fused-ring (bicyclic) bond motifs is 2. The lowest BCUT2D eigenvalue weighted by atomic mass is 10.1. The maximum Gasteiger partial charge on any atom is 0.197 e. The normalized spacial score (nSPS) is 12.6. The summed E-state index contributed by atoms with van der Waals surface area (Å²) in [5, 5.41) is 1.15. The van der Waals surface area contributed by atoms with Crippen molar-refractivity contribution in [2.45, 2.75) is 0 Å². The Labute approximate surface area is 220 Å². The van der Waals surface area contributed by atoms with E-state index >= 15 is 0 Å². The Hall–Kier alpha value is -3.95. The zero-order chi connectivity index (χ0) is 24.8. The van der Waals surface area contributed by atoms with Crippen molar-refractivity contribution < 1.29 is 9.59 Å². The van der Waals surface area contributed by atoms with E-state index in [0.717, 1.165) is 16.0 Å². The van der Waals surface area contributed by atoms with E-state index in [-0.39, 0.29) is 38.3 Å². The zero-order valence-corrected chi connectivity index (χ0v) is 20.8. The van der Waals surface area contributed by atoms with Crippen molar-refractivity contribution in [3.05, 3.63) is 122 Å². The number of aromatic nitrogens is 2. The van der Waals surface area contributed by atoms with Crippen LogP contribution in [0.3, 0.4) is 0 Å². The average Bonchev–Trinajstić information content (AvgIpc) is 3.50. The average molecular weight is 525 g/mol. The van der Waals surface area contributed by atoms with E-state index < -0.39 is 0 Å². The third-order valence-electron chi connectivity index (χ3n) is 5.82. The Kier molecular flexibility index (Phi) is 5.58. The minimum Gasteiger partial charge on any atom is -0.294 e. The minimum atomic E-state index is -0.375. The Morgan fingerprint density at radius 2 is 1.42 bits per heavy atom. The van der Waals surface area contributed by atoms with Crippen LogP contribution in [0.5, 0.6) is 0 Å². The van der Waals surface area contributed by atoms with Crippen molar-refractivity contribution in [2.75, 3.05) is 0 Å². The highest BCUT2D eigenvalue weighted by atomic mass is 35.5. The first-order valence-corrected chi connectivity index (χ1v) is 12.5. The second kappa shape index (κ2) is 8.92. The molecule has 2 heterocycles. The topological polar surface area (TPSA) is 52.0 Å². The van der Waals surface area contributed by atoms with Crippen molar-refractivity contribution >= 4 is 62.5 Å². The van der Waals surface area contributed by atoms with Gasteiger partial charge >= 0.3 is 0 Å². The third kappa shape index (κ3) is 3.86. The lowest BCUT2D eigenvalue weighted by Crippen LogP contribution is -2.03. The molecule has 2 aromatic heterocycles. The number of hydrogen-bond donors (Lipinski definition) is 0. The van der Waals surface area contributed by atoms with Gasteiger partial charge in [-0.3, -0.25) is 14.2 Å². The summed E-state index contributed by atoms with van der Waals surface area (Å²) >= 11 is 13.7. The highest BCUT2D eigenvalue weighted by molar-refractivity contribution is 7.19. The Bertz CT molecular complexity index is 1750. The summed E-state index contributed by atoms with van der Waals surface area (Å²) in [6.07, 6.45) is 1.61. The molecule has 0 fully saturated rings. The summed E-state index contributed by atoms with van der Waals surface area (Å²) < 4.78 is 2.82. The van der Waals surface area contributed by atoms with Gasteiger partial charge in [-0.15, -0.1) is 11.3 Å². The van der Waals surface area contributed by atoms with Gasteiger partial charge in [0.05, 0.1) is 26.0 Å². The number of benzene rings is 3. The zero-order valence-electron chi connectivity index (χ0n) is 18.5. The Balaban J connectivity index is 1.48. The number of carbonyl (C=O) groups is 2. The lowest BCUT2D eigenvalue weighted by Gasteiger charge is -2.07. The fraction of sp³-hybridized carbons (Fsp3) is 0.